The Morgan fingerprint density at radius 1 is 1.28 bits per heavy atom. The quantitative estimate of drug-likeness (QED) is 0.832. The van der Waals surface area contributed by atoms with Crippen LogP contribution in [0.3, 0.4) is 0 Å². The summed E-state index contributed by atoms with van der Waals surface area (Å²) < 4.78 is 5.52. The second kappa shape index (κ2) is 7.45. The Bertz CT molecular complexity index is 721. The Labute approximate surface area is 149 Å². The lowest BCUT2D eigenvalue weighted by atomic mass is 10.1. The molecule has 3 heterocycles. The number of methoxy groups -OCH3 is 1. The molecule has 134 valence electrons. The van der Waals surface area contributed by atoms with Crippen LogP contribution in [0.4, 0.5) is 5.82 Å². The van der Waals surface area contributed by atoms with Gasteiger partial charge in [0.05, 0.1) is 6.10 Å². The Hall–Kier alpha value is -2.05. The van der Waals surface area contributed by atoms with Gasteiger partial charge < -0.3 is 9.64 Å². The first-order valence-corrected chi connectivity index (χ1v) is 8.70. The van der Waals surface area contributed by atoms with Gasteiger partial charge in [-0.1, -0.05) is 6.07 Å². The van der Waals surface area contributed by atoms with Crippen molar-refractivity contribution < 1.29 is 4.74 Å². The normalized spacial score (nSPS) is 20.8. The van der Waals surface area contributed by atoms with Gasteiger partial charge in [0.25, 0.3) is 0 Å². The number of hydrogen-bond acceptors (Lipinski definition) is 6. The molecular weight excluding hydrogens is 314 g/mol. The molecule has 0 spiro atoms. The predicted octanol–water partition coefficient (Wildman–Crippen LogP) is 2.31. The topological polar surface area (TPSA) is 54.4 Å². The minimum atomic E-state index is 0.320. The first-order chi connectivity index (χ1) is 12.0. The van der Waals surface area contributed by atoms with Gasteiger partial charge in [0, 0.05) is 50.7 Å². The molecule has 1 aliphatic heterocycles. The lowest BCUT2D eigenvalue weighted by Gasteiger charge is -2.27. The summed E-state index contributed by atoms with van der Waals surface area (Å²) in [6.45, 7) is 6.01. The van der Waals surface area contributed by atoms with E-state index < -0.39 is 0 Å². The van der Waals surface area contributed by atoms with Crippen molar-refractivity contribution in [2.75, 3.05) is 39.2 Å². The van der Waals surface area contributed by atoms with Crippen LogP contribution >= 0.6 is 0 Å². The molecule has 6 heteroatoms. The molecule has 1 aliphatic rings. The number of anilines is 1. The number of likely N-dealkylation sites (tertiary alicyclic amines) is 1. The highest BCUT2D eigenvalue weighted by Gasteiger charge is 2.30. The molecule has 2 aromatic rings. The van der Waals surface area contributed by atoms with Gasteiger partial charge in [-0.05, 0) is 39.4 Å². The lowest BCUT2D eigenvalue weighted by molar-refractivity contribution is 0.111. The van der Waals surface area contributed by atoms with Crippen molar-refractivity contribution in [1.82, 2.24) is 19.9 Å². The van der Waals surface area contributed by atoms with Crippen LogP contribution in [0.25, 0.3) is 11.5 Å². The summed E-state index contributed by atoms with van der Waals surface area (Å²) in [5.74, 6) is 1.66. The van der Waals surface area contributed by atoms with Gasteiger partial charge in [-0.25, -0.2) is 9.97 Å². The zero-order chi connectivity index (χ0) is 18.0. The number of aromatic nitrogens is 3. The van der Waals surface area contributed by atoms with E-state index >= 15 is 0 Å². The van der Waals surface area contributed by atoms with Crippen molar-refractivity contribution in [1.29, 1.82) is 0 Å². The zero-order valence-electron chi connectivity index (χ0n) is 15.7. The summed E-state index contributed by atoms with van der Waals surface area (Å²) in [5, 5.41) is 0. The molecule has 1 fully saturated rings. The second-order valence-electron chi connectivity index (χ2n) is 6.86. The molecule has 6 nitrogen and oxygen atoms in total. The van der Waals surface area contributed by atoms with Crippen LogP contribution < -0.4 is 4.90 Å². The Kier molecular flexibility index (Phi) is 5.30. The van der Waals surface area contributed by atoms with Gasteiger partial charge in [-0.3, -0.25) is 9.88 Å². The van der Waals surface area contributed by atoms with Gasteiger partial charge in [-0.15, -0.1) is 0 Å². The van der Waals surface area contributed by atoms with Crippen LogP contribution in [-0.4, -0.2) is 66.3 Å². The molecule has 2 aromatic heterocycles. The molecule has 0 aromatic carbocycles. The van der Waals surface area contributed by atoms with E-state index in [9.17, 15) is 0 Å². The Balaban J connectivity index is 1.85. The van der Waals surface area contributed by atoms with Crippen LogP contribution in [0.15, 0.2) is 24.4 Å². The minimum absolute atomic E-state index is 0.320. The fourth-order valence-corrected chi connectivity index (χ4v) is 3.41. The van der Waals surface area contributed by atoms with E-state index in [0.717, 1.165) is 42.3 Å². The number of aryl methyl sites for hydroxylation is 1. The van der Waals surface area contributed by atoms with Crippen LogP contribution in [0, 0.1) is 13.8 Å². The Morgan fingerprint density at radius 2 is 2.08 bits per heavy atom. The van der Waals surface area contributed by atoms with E-state index in [2.05, 4.69) is 40.8 Å². The van der Waals surface area contributed by atoms with Crippen molar-refractivity contribution in [3.05, 3.63) is 35.7 Å². The highest BCUT2D eigenvalue weighted by atomic mass is 16.5. The van der Waals surface area contributed by atoms with Crippen LogP contribution in [0.5, 0.6) is 0 Å². The fourth-order valence-electron chi connectivity index (χ4n) is 3.41. The molecule has 0 unspecified atom stereocenters. The number of ether oxygens (including phenoxy) is 1. The van der Waals surface area contributed by atoms with Crippen LogP contribution in [-0.2, 0) is 4.74 Å². The molecule has 0 aliphatic carbocycles. The standard InChI is InChI=1S/C19H27N5O/c1-13-14(2)21-18(17-8-6-7-9-20-17)22-19(13)24(4)11-15-10-16(25-5)12-23(15)3/h6-9,15-16H,10-12H2,1-5H3/t15-,16-/m0/s1. The lowest BCUT2D eigenvalue weighted by Crippen LogP contribution is -2.37. The smallest absolute Gasteiger partial charge is 0.180 e. The van der Waals surface area contributed by atoms with Gasteiger partial charge in [-0.2, -0.15) is 0 Å². The van der Waals surface area contributed by atoms with Crippen molar-refractivity contribution in [3.8, 4) is 11.5 Å². The van der Waals surface area contributed by atoms with Crippen molar-refractivity contribution in [3.63, 3.8) is 0 Å². The molecule has 2 atom stereocenters. The van der Waals surface area contributed by atoms with E-state index in [1.54, 1.807) is 13.3 Å². The van der Waals surface area contributed by atoms with E-state index in [1.165, 1.54) is 0 Å². The van der Waals surface area contributed by atoms with Crippen molar-refractivity contribution >= 4 is 5.82 Å². The molecule has 0 amide bonds. The van der Waals surface area contributed by atoms with Crippen molar-refractivity contribution in [2.45, 2.75) is 32.4 Å². The zero-order valence-corrected chi connectivity index (χ0v) is 15.7. The van der Waals surface area contributed by atoms with Gasteiger partial charge in [0.2, 0.25) is 0 Å². The minimum Gasteiger partial charge on any atom is -0.380 e. The molecule has 1 saturated heterocycles. The predicted molar refractivity (Wildman–Crippen MR) is 99.8 cm³/mol. The molecule has 0 bridgehead atoms. The van der Waals surface area contributed by atoms with Crippen molar-refractivity contribution in [2.24, 2.45) is 0 Å². The summed E-state index contributed by atoms with van der Waals surface area (Å²) in [5.41, 5.74) is 2.91. The van der Waals surface area contributed by atoms with Crippen LogP contribution in [0.2, 0.25) is 0 Å². The summed E-state index contributed by atoms with van der Waals surface area (Å²) in [6.07, 6.45) is 3.14. The summed E-state index contributed by atoms with van der Waals surface area (Å²) in [4.78, 5) is 18.4. The molecule has 25 heavy (non-hydrogen) atoms. The van der Waals surface area contributed by atoms with Crippen LogP contribution in [0.1, 0.15) is 17.7 Å². The third-order valence-corrected chi connectivity index (χ3v) is 5.09. The van der Waals surface area contributed by atoms with E-state index in [4.69, 9.17) is 9.72 Å². The average Bonchev–Trinajstić information content (AvgIpc) is 2.97. The summed E-state index contributed by atoms with van der Waals surface area (Å²) in [7, 11) is 6.06. The molecule has 0 saturated carbocycles. The third kappa shape index (κ3) is 3.80. The monoisotopic (exact) mass is 341 g/mol. The number of hydrogen-bond donors (Lipinski definition) is 0. The highest BCUT2D eigenvalue weighted by Crippen LogP contribution is 2.25. The second-order valence-corrected chi connectivity index (χ2v) is 6.86. The van der Waals surface area contributed by atoms with Gasteiger partial charge in [0.15, 0.2) is 5.82 Å². The maximum absolute atomic E-state index is 5.52. The number of likely N-dealkylation sites (N-methyl/N-ethyl adjacent to an activating group) is 2. The van der Waals surface area contributed by atoms with Gasteiger partial charge in [0.1, 0.15) is 11.5 Å². The molecule has 3 rings (SSSR count). The summed E-state index contributed by atoms with van der Waals surface area (Å²) >= 11 is 0. The molecule has 0 radical (unpaired) electrons. The first kappa shape index (κ1) is 17.8. The van der Waals surface area contributed by atoms with E-state index in [0.29, 0.717) is 18.0 Å². The largest absolute Gasteiger partial charge is 0.380 e. The summed E-state index contributed by atoms with van der Waals surface area (Å²) in [6, 6.07) is 6.27. The highest BCUT2D eigenvalue weighted by molar-refractivity contribution is 5.57. The Morgan fingerprint density at radius 3 is 2.72 bits per heavy atom. The third-order valence-electron chi connectivity index (χ3n) is 5.09. The maximum Gasteiger partial charge on any atom is 0.180 e. The van der Waals surface area contributed by atoms with Gasteiger partial charge >= 0.3 is 0 Å². The number of rotatable bonds is 5. The molecular formula is C19H27N5O. The first-order valence-electron chi connectivity index (χ1n) is 8.70. The maximum atomic E-state index is 5.52. The fraction of sp³-hybridized carbons (Fsp3) is 0.526. The number of nitrogens with zero attached hydrogens (tertiary/aromatic N) is 5. The average molecular weight is 341 g/mol. The van der Waals surface area contributed by atoms with E-state index in [-0.39, 0.29) is 0 Å². The SMILES string of the molecule is CO[C@H]1C[C@@H](CN(C)c2nc(-c3ccccn3)nc(C)c2C)N(C)C1. The number of pyridine rings is 1. The molecule has 0 N–H and O–H groups in total. The van der Waals surface area contributed by atoms with E-state index in [1.807, 2.05) is 25.1 Å².